The summed E-state index contributed by atoms with van der Waals surface area (Å²) in [4.78, 5) is 26.3. The highest BCUT2D eigenvalue weighted by Crippen LogP contribution is 2.27. The van der Waals surface area contributed by atoms with Crippen LogP contribution in [0.4, 0.5) is 14.5 Å². The van der Waals surface area contributed by atoms with Gasteiger partial charge >= 0.3 is 6.61 Å². The van der Waals surface area contributed by atoms with Crippen LogP contribution in [0.1, 0.15) is 12.0 Å². The molecule has 2 aromatic carbocycles. The maximum atomic E-state index is 12.4. The molecule has 1 fully saturated rings. The number of carbonyl (C=O) groups is 2. The van der Waals surface area contributed by atoms with Crippen molar-refractivity contribution in [2.45, 2.75) is 19.5 Å². The van der Waals surface area contributed by atoms with E-state index in [1.807, 2.05) is 0 Å². The lowest BCUT2D eigenvalue weighted by Crippen LogP contribution is -2.34. The van der Waals surface area contributed by atoms with Gasteiger partial charge in [-0.05, 0) is 48.4 Å². The molecule has 2 aromatic rings. The van der Waals surface area contributed by atoms with Gasteiger partial charge in [0.05, 0.1) is 13.0 Å². The summed E-state index contributed by atoms with van der Waals surface area (Å²) in [5, 5.41) is 2.84. The molecule has 6 nitrogen and oxygen atoms in total. The fourth-order valence-corrected chi connectivity index (χ4v) is 3.21. The predicted octanol–water partition coefficient (Wildman–Crippen LogP) is 3.01. The summed E-state index contributed by atoms with van der Waals surface area (Å²) in [6.07, 6.45) is 0.709. The van der Waals surface area contributed by atoms with Gasteiger partial charge in [-0.25, -0.2) is 0 Å². The minimum Gasteiger partial charge on any atom is -0.497 e. The Morgan fingerprint density at radius 1 is 1.14 bits per heavy atom. The van der Waals surface area contributed by atoms with Crippen LogP contribution in [0.5, 0.6) is 11.5 Å². The molecular weight excluding hydrogens is 382 g/mol. The van der Waals surface area contributed by atoms with Gasteiger partial charge in [-0.2, -0.15) is 8.78 Å². The number of amides is 2. The molecule has 2 amide bonds. The standard InChI is InChI=1S/C21H22F2N2O4/c1-28-17-8-4-16(5-9-17)25-13-15(12-19(25)26)20(27)24-11-10-14-2-6-18(7-3-14)29-21(22)23/h2-9,15,21H,10-13H2,1H3,(H,24,27). The fourth-order valence-electron chi connectivity index (χ4n) is 3.21. The van der Waals surface area contributed by atoms with E-state index in [2.05, 4.69) is 10.1 Å². The SMILES string of the molecule is COc1ccc(N2CC(C(=O)NCCc3ccc(OC(F)F)cc3)CC2=O)cc1. The summed E-state index contributed by atoms with van der Waals surface area (Å²) >= 11 is 0. The lowest BCUT2D eigenvalue weighted by atomic mass is 10.1. The first-order valence-electron chi connectivity index (χ1n) is 9.22. The highest BCUT2D eigenvalue weighted by Gasteiger charge is 2.34. The first-order chi connectivity index (χ1) is 14.0. The molecular formula is C21H22F2N2O4. The zero-order chi connectivity index (χ0) is 20.8. The quantitative estimate of drug-likeness (QED) is 0.735. The maximum Gasteiger partial charge on any atom is 0.387 e. The number of anilines is 1. The first kappa shape index (κ1) is 20.6. The third-order valence-corrected chi connectivity index (χ3v) is 4.74. The second-order valence-corrected chi connectivity index (χ2v) is 6.67. The van der Waals surface area contributed by atoms with Crippen LogP contribution < -0.4 is 19.7 Å². The van der Waals surface area contributed by atoms with Crippen LogP contribution in [0.3, 0.4) is 0 Å². The topological polar surface area (TPSA) is 67.9 Å². The van der Waals surface area contributed by atoms with Gasteiger partial charge in [-0.15, -0.1) is 0 Å². The molecule has 0 radical (unpaired) electrons. The molecule has 0 bridgehead atoms. The average molecular weight is 404 g/mol. The van der Waals surface area contributed by atoms with Gasteiger partial charge in [0.2, 0.25) is 11.8 Å². The van der Waals surface area contributed by atoms with Crippen molar-refractivity contribution in [1.82, 2.24) is 5.32 Å². The zero-order valence-electron chi connectivity index (χ0n) is 15.9. The second kappa shape index (κ2) is 9.36. The number of hydrogen-bond acceptors (Lipinski definition) is 4. The van der Waals surface area contributed by atoms with Crippen LogP contribution in [-0.2, 0) is 16.0 Å². The molecule has 8 heteroatoms. The normalized spacial score (nSPS) is 16.2. The fraction of sp³-hybridized carbons (Fsp3) is 0.333. The summed E-state index contributed by atoms with van der Waals surface area (Å²) in [6, 6.07) is 13.4. The summed E-state index contributed by atoms with van der Waals surface area (Å²) < 4.78 is 33.7. The van der Waals surface area contributed by atoms with Crippen molar-refractivity contribution in [3.05, 3.63) is 54.1 Å². The Bertz CT molecular complexity index is 841. The van der Waals surface area contributed by atoms with Crippen LogP contribution in [0, 0.1) is 5.92 Å². The number of methoxy groups -OCH3 is 1. The second-order valence-electron chi connectivity index (χ2n) is 6.67. The molecule has 154 valence electrons. The Labute approximate surface area is 167 Å². The van der Waals surface area contributed by atoms with E-state index in [1.54, 1.807) is 48.4 Å². The lowest BCUT2D eigenvalue weighted by Gasteiger charge is -2.17. The van der Waals surface area contributed by atoms with Crippen LogP contribution in [0.15, 0.2) is 48.5 Å². The largest absolute Gasteiger partial charge is 0.497 e. The highest BCUT2D eigenvalue weighted by atomic mass is 19.3. The van der Waals surface area contributed by atoms with E-state index < -0.39 is 12.5 Å². The van der Waals surface area contributed by atoms with Crippen molar-refractivity contribution in [2.75, 3.05) is 25.1 Å². The molecule has 0 aliphatic carbocycles. The highest BCUT2D eigenvalue weighted by molar-refractivity contribution is 6.00. The van der Waals surface area contributed by atoms with Gasteiger partial charge in [0.15, 0.2) is 0 Å². The van der Waals surface area contributed by atoms with E-state index in [0.717, 1.165) is 11.3 Å². The number of ether oxygens (including phenoxy) is 2. The van der Waals surface area contributed by atoms with E-state index >= 15 is 0 Å². The number of alkyl halides is 2. The van der Waals surface area contributed by atoms with Crippen LogP contribution in [-0.4, -0.2) is 38.6 Å². The minimum absolute atomic E-state index is 0.0927. The predicted molar refractivity (Wildman–Crippen MR) is 103 cm³/mol. The molecule has 1 N–H and O–H groups in total. The van der Waals surface area contributed by atoms with E-state index in [9.17, 15) is 18.4 Å². The van der Waals surface area contributed by atoms with Gasteiger partial charge in [0, 0.05) is 25.2 Å². The monoisotopic (exact) mass is 404 g/mol. The third-order valence-electron chi connectivity index (χ3n) is 4.74. The summed E-state index contributed by atoms with van der Waals surface area (Å²) in [5.74, 6) is 0.114. The Hall–Kier alpha value is -3.16. The molecule has 1 heterocycles. The van der Waals surface area contributed by atoms with Gasteiger partial charge in [-0.1, -0.05) is 12.1 Å². The number of halogens is 2. The number of hydrogen-bond donors (Lipinski definition) is 1. The Balaban J connectivity index is 1.47. The van der Waals surface area contributed by atoms with Crippen molar-refractivity contribution < 1.29 is 27.8 Å². The van der Waals surface area contributed by atoms with Gasteiger partial charge < -0.3 is 19.7 Å². The molecule has 1 aliphatic heterocycles. The minimum atomic E-state index is -2.85. The zero-order valence-corrected chi connectivity index (χ0v) is 15.9. The number of benzene rings is 2. The lowest BCUT2D eigenvalue weighted by molar-refractivity contribution is -0.126. The van der Waals surface area contributed by atoms with E-state index in [0.29, 0.717) is 25.3 Å². The number of carbonyl (C=O) groups excluding carboxylic acids is 2. The van der Waals surface area contributed by atoms with Crippen molar-refractivity contribution in [3.63, 3.8) is 0 Å². The molecule has 29 heavy (non-hydrogen) atoms. The molecule has 1 atom stereocenters. The van der Waals surface area contributed by atoms with E-state index in [4.69, 9.17) is 4.74 Å². The van der Waals surface area contributed by atoms with Crippen molar-refractivity contribution in [3.8, 4) is 11.5 Å². The smallest absolute Gasteiger partial charge is 0.387 e. The summed E-state index contributed by atoms with van der Waals surface area (Å²) in [5.41, 5.74) is 1.62. The molecule has 1 aliphatic rings. The first-order valence-corrected chi connectivity index (χ1v) is 9.22. The number of nitrogens with zero attached hydrogens (tertiary/aromatic N) is 1. The van der Waals surface area contributed by atoms with Crippen LogP contribution in [0.2, 0.25) is 0 Å². The molecule has 1 saturated heterocycles. The Kier molecular flexibility index (Phi) is 6.64. The van der Waals surface area contributed by atoms with Crippen molar-refractivity contribution >= 4 is 17.5 Å². The maximum absolute atomic E-state index is 12.4. The Morgan fingerprint density at radius 2 is 1.79 bits per heavy atom. The summed E-state index contributed by atoms with van der Waals surface area (Å²) in [6.45, 7) is -2.13. The average Bonchev–Trinajstić information content (AvgIpc) is 3.10. The molecule has 0 spiro atoms. The van der Waals surface area contributed by atoms with Crippen molar-refractivity contribution in [2.24, 2.45) is 5.92 Å². The van der Waals surface area contributed by atoms with Crippen molar-refractivity contribution in [1.29, 1.82) is 0 Å². The van der Waals surface area contributed by atoms with Gasteiger partial charge in [0.1, 0.15) is 11.5 Å². The molecule has 0 saturated carbocycles. The van der Waals surface area contributed by atoms with Crippen LogP contribution >= 0.6 is 0 Å². The molecule has 1 unspecified atom stereocenters. The van der Waals surface area contributed by atoms with Gasteiger partial charge in [-0.3, -0.25) is 9.59 Å². The Morgan fingerprint density at radius 3 is 2.41 bits per heavy atom. The molecule has 3 rings (SSSR count). The summed E-state index contributed by atoms with van der Waals surface area (Å²) in [7, 11) is 1.57. The third kappa shape index (κ3) is 5.43. The van der Waals surface area contributed by atoms with E-state index in [-0.39, 0.29) is 24.0 Å². The van der Waals surface area contributed by atoms with Gasteiger partial charge in [0.25, 0.3) is 0 Å². The van der Waals surface area contributed by atoms with E-state index in [1.165, 1.54) is 12.1 Å². The van der Waals surface area contributed by atoms with Crippen LogP contribution in [0.25, 0.3) is 0 Å². The molecule has 0 aromatic heterocycles. The number of nitrogens with one attached hydrogen (secondary N) is 1. The number of rotatable bonds is 8.